The Morgan fingerprint density at radius 2 is 2.27 bits per heavy atom. The molecule has 0 unspecified atom stereocenters. The molecular formula is C10H15O. The van der Waals surface area contributed by atoms with E-state index in [9.17, 15) is 0 Å². The molecule has 1 aromatic heterocycles. The van der Waals surface area contributed by atoms with E-state index >= 15 is 0 Å². The molecule has 1 heteroatoms. The zero-order valence-electron chi connectivity index (χ0n) is 7.10. The van der Waals surface area contributed by atoms with Gasteiger partial charge in [0, 0.05) is 12.5 Å². The van der Waals surface area contributed by atoms with Crippen LogP contribution in [0.3, 0.4) is 0 Å². The first-order valence-electron chi connectivity index (χ1n) is 4.37. The van der Waals surface area contributed by atoms with Crippen molar-refractivity contribution in [2.24, 2.45) is 0 Å². The van der Waals surface area contributed by atoms with E-state index in [1.807, 2.05) is 6.07 Å². The highest BCUT2D eigenvalue weighted by molar-refractivity contribution is 4.95. The minimum atomic E-state index is 1.00. The second-order valence-corrected chi connectivity index (χ2v) is 2.80. The summed E-state index contributed by atoms with van der Waals surface area (Å²) < 4.78 is 5.16. The fourth-order valence-corrected chi connectivity index (χ4v) is 1.12. The molecule has 0 fully saturated rings. The molecule has 11 heavy (non-hydrogen) atoms. The molecule has 0 saturated carbocycles. The quantitative estimate of drug-likeness (QED) is 0.589. The van der Waals surface area contributed by atoms with Crippen molar-refractivity contribution >= 4 is 0 Å². The predicted octanol–water partition coefficient (Wildman–Crippen LogP) is 3.20. The van der Waals surface area contributed by atoms with Crippen LogP contribution in [0.1, 0.15) is 38.4 Å². The highest BCUT2D eigenvalue weighted by Crippen LogP contribution is 2.06. The summed E-state index contributed by atoms with van der Waals surface area (Å²) in [7, 11) is 0. The van der Waals surface area contributed by atoms with Gasteiger partial charge in [-0.1, -0.05) is 26.2 Å². The maximum absolute atomic E-state index is 5.16. The summed E-state index contributed by atoms with van der Waals surface area (Å²) in [5.41, 5.74) is 0. The van der Waals surface area contributed by atoms with E-state index in [2.05, 4.69) is 13.0 Å². The SMILES string of the molecule is CCCCCCc1[c]cco1. The van der Waals surface area contributed by atoms with Crippen molar-refractivity contribution in [3.8, 4) is 0 Å². The molecule has 0 aliphatic carbocycles. The van der Waals surface area contributed by atoms with Gasteiger partial charge in [-0.3, -0.25) is 0 Å². The molecule has 0 atom stereocenters. The topological polar surface area (TPSA) is 13.1 Å². The average Bonchev–Trinajstić information content (AvgIpc) is 2.50. The summed E-state index contributed by atoms with van der Waals surface area (Å²) in [6.45, 7) is 2.22. The summed E-state index contributed by atoms with van der Waals surface area (Å²) >= 11 is 0. The third-order valence-electron chi connectivity index (χ3n) is 1.78. The van der Waals surface area contributed by atoms with E-state index in [1.54, 1.807) is 6.26 Å². The summed E-state index contributed by atoms with van der Waals surface area (Å²) in [6, 6.07) is 4.88. The second kappa shape index (κ2) is 5.00. The van der Waals surface area contributed by atoms with E-state index in [0.717, 1.165) is 12.2 Å². The van der Waals surface area contributed by atoms with E-state index in [4.69, 9.17) is 4.42 Å². The number of hydrogen-bond donors (Lipinski definition) is 0. The van der Waals surface area contributed by atoms with Crippen LogP contribution in [-0.2, 0) is 6.42 Å². The smallest absolute Gasteiger partial charge is 0.111 e. The molecule has 61 valence electrons. The number of furan rings is 1. The second-order valence-electron chi connectivity index (χ2n) is 2.80. The minimum Gasteiger partial charge on any atom is -0.469 e. The van der Waals surface area contributed by atoms with E-state index in [0.29, 0.717) is 0 Å². The van der Waals surface area contributed by atoms with Gasteiger partial charge in [-0.25, -0.2) is 0 Å². The zero-order valence-corrected chi connectivity index (χ0v) is 7.10. The van der Waals surface area contributed by atoms with Crippen LogP contribution in [0.5, 0.6) is 0 Å². The van der Waals surface area contributed by atoms with Crippen molar-refractivity contribution in [2.45, 2.75) is 39.0 Å². The first-order valence-corrected chi connectivity index (χ1v) is 4.37. The lowest BCUT2D eigenvalue weighted by Crippen LogP contribution is -1.81. The highest BCUT2D eigenvalue weighted by atomic mass is 16.3. The van der Waals surface area contributed by atoms with Crippen molar-refractivity contribution in [3.05, 3.63) is 24.2 Å². The predicted molar refractivity (Wildman–Crippen MR) is 45.4 cm³/mol. The Morgan fingerprint density at radius 1 is 1.36 bits per heavy atom. The molecule has 0 N–H and O–H groups in total. The first-order chi connectivity index (χ1) is 5.43. The zero-order chi connectivity index (χ0) is 7.94. The molecule has 0 spiro atoms. The van der Waals surface area contributed by atoms with Crippen LogP contribution in [0.4, 0.5) is 0 Å². The molecule has 0 saturated heterocycles. The number of hydrogen-bond acceptors (Lipinski definition) is 1. The first kappa shape index (κ1) is 8.38. The molecule has 1 radical (unpaired) electrons. The summed E-state index contributed by atoms with van der Waals surface area (Å²) in [5.74, 6) is 1.00. The Morgan fingerprint density at radius 3 is 2.91 bits per heavy atom. The highest BCUT2D eigenvalue weighted by Gasteiger charge is 1.94. The fraction of sp³-hybridized carbons (Fsp3) is 0.600. The molecule has 1 aromatic rings. The van der Waals surface area contributed by atoms with Gasteiger partial charge in [-0.2, -0.15) is 0 Å². The molecule has 0 amide bonds. The molecule has 0 aliphatic rings. The molecule has 0 aliphatic heterocycles. The lowest BCUT2D eigenvalue weighted by molar-refractivity contribution is 0.494. The summed E-state index contributed by atoms with van der Waals surface area (Å²) in [5, 5.41) is 0. The third kappa shape index (κ3) is 3.26. The Bertz CT molecular complexity index is 165. The van der Waals surface area contributed by atoms with Crippen LogP contribution in [0, 0.1) is 6.07 Å². The van der Waals surface area contributed by atoms with Crippen LogP contribution < -0.4 is 0 Å². The van der Waals surface area contributed by atoms with E-state index in [1.165, 1.54) is 25.7 Å². The van der Waals surface area contributed by atoms with Gasteiger partial charge < -0.3 is 4.42 Å². The lowest BCUT2D eigenvalue weighted by Gasteiger charge is -1.95. The summed E-state index contributed by atoms with van der Waals surface area (Å²) in [6.07, 6.45) is 7.91. The van der Waals surface area contributed by atoms with Gasteiger partial charge in [0.15, 0.2) is 0 Å². The Labute approximate surface area is 68.4 Å². The van der Waals surface area contributed by atoms with E-state index in [-0.39, 0.29) is 0 Å². The van der Waals surface area contributed by atoms with Crippen LogP contribution >= 0.6 is 0 Å². The molecule has 0 aromatic carbocycles. The number of rotatable bonds is 5. The Kier molecular flexibility index (Phi) is 3.81. The summed E-state index contributed by atoms with van der Waals surface area (Å²) in [4.78, 5) is 0. The maximum atomic E-state index is 5.16. The molecule has 1 rings (SSSR count). The molecule has 0 bridgehead atoms. The van der Waals surface area contributed by atoms with Gasteiger partial charge in [0.2, 0.25) is 0 Å². The van der Waals surface area contributed by atoms with E-state index < -0.39 is 0 Å². The van der Waals surface area contributed by atoms with Crippen molar-refractivity contribution in [1.82, 2.24) is 0 Å². The molecule has 1 heterocycles. The van der Waals surface area contributed by atoms with Crippen LogP contribution in [0.25, 0.3) is 0 Å². The third-order valence-corrected chi connectivity index (χ3v) is 1.78. The number of unbranched alkanes of at least 4 members (excludes halogenated alkanes) is 3. The molecule has 1 nitrogen and oxygen atoms in total. The largest absolute Gasteiger partial charge is 0.469 e. The average molecular weight is 151 g/mol. The van der Waals surface area contributed by atoms with Crippen molar-refractivity contribution in [1.29, 1.82) is 0 Å². The molecular weight excluding hydrogens is 136 g/mol. The van der Waals surface area contributed by atoms with Crippen LogP contribution in [0.15, 0.2) is 16.7 Å². The minimum absolute atomic E-state index is 1.00. The maximum Gasteiger partial charge on any atom is 0.111 e. The van der Waals surface area contributed by atoms with Gasteiger partial charge >= 0.3 is 0 Å². The van der Waals surface area contributed by atoms with Gasteiger partial charge in [-0.05, 0) is 12.5 Å². The normalized spacial score (nSPS) is 10.3. The number of aryl methyl sites for hydroxylation is 1. The van der Waals surface area contributed by atoms with Gasteiger partial charge in [-0.15, -0.1) is 0 Å². The monoisotopic (exact) mass is 151 g/mol. The Balaban J connectivity index is 2.04. The van der Waals surface area contributed by atoms with Crippen molar-refractivity contribution in [3.63, 3.8) is 0 Å². The van der Waals surface area contributed by atoms with Gasteiger partial charge in [0.25, 0.3) is 0 Å². The fourth-order valence-electron chi connectivity index (χ4n) is 1.12. The van der Waals surface area contributed by atoms with Crippen molar-refractivity contribution < 1.29 is 4.42 Å². The van der Waals surface area contributed by atoms with Crippen LogP contribution in [-0.4, -0.2) is 0 Å². The van der Waals surface area contributed by atoms with Crippen molar-refractivity contribution in [2.75, 3.05) is 0 Å². The van der Waals surface area contributed by atoms with Crippen LogP contribution in [0.2, 0.25) is 0 Å². The Hall–Kier alpha value is -0.720. The van der Waals surface area contributed by atoms with Gasteiger partial charge in [0.1, 0.15) is 5.76 Å². The lowest BCUT2D eigenvalue weighted by atomic mass is 10.1. The van der Waals surface area contributed by atoms with Gasteiger partial charge in [0.05, 0.1) is 6.26 Å². The standard InChI is InChI=1S/C10H15O/c1-2-3-4-5-7-10-8-6-9-11-10/h6,9H,2-5,7H2,1H3.